The zero-order chi connectivity index (χ0) is 21.4. The van der Waals surface area contributed by atoms with Gasteiger partial charge in [0.15, 0.2) is 0 Å². The topological polar surface area (TPSA) is 96.2 Å². The molecule has 5 rings (SSSR count). The highest BCUT2D eigenvalue weighted by Gasteiger charge is 2.52. The molecule has 2 bridgehead atoms. The van der Waals surface area contributed by atoms with Crippen LogP contribution < -0.4 is 10.2 Å². The minimum absolute atomic E-state index is 0.0612. The van der Waals surface area contributed by atoms with Crippen LogP contribution in [0.25, 0.3) is 0 Å². The van der Waals surface area contributed by atoms with Crippen LogP contribution in [-0.4, -0.2) is 61.6 Å². The summed E-state index contributed by atoms with van der Waals surface area (Å²) in [5.74, 6) is 1.35. The highest BCUT2D eigenvalue weighted by atomic mass is 16.2. The van der Waals surface area contributed by atoms with Gasteiger partial charge in [-0.05, 0) is 32.1 Å². The van der Waals surface area contributed by atoms with Crippen molar-refractivity contribution in [2.24, 2.45) is 11.8 Å². The third-order valence-electron chi connectivity index (χ3n) is 6.96. The lowest BCUT2D eigenvalue weighted by Gasteiger charge is -2.56. The van der Waals surface area contributed by atoms with Gasteiger partial charge < -0.3 is 15.1 Å². The molecule has 0 aliphatic carbocycles. The van der Waals surface area contributed by atoms with Crippen molar-refractivity contribution in [1.29, 1.82) is 0 Å². The maximum absolute atomic E-state index is 13.4. The third kappa shape index (κ3) is 3.77. The van der Waals surface area contributed by atoms with Gasteiger partial charge in [-0.25, -0.2) is 4.98 Å². The van der Waals surface area contributed by atoms with Crippen LogP contribution in [-0.2, 0) is 22.7 Å². The van der Waals surface area contributed by atoms with Gasteiger partial charge in [-0.2, -0.15) is 5.10 Å². The van der Waals surface area contributed by atoms with Gasteiger partial charge in [0, 0.05) is 68.7 Å². The summed E-state index contributed by atoms with van der Waals surface area (Å²) in [7, 11) is 0. The number of rotatable bonds is 5. The van der Waals surface area contributed by atoms with Crippen molar-refractivity contribution in [3.05, 3.63) is 36.5 Å². The molecule has 2 aromatic rings. The molecule has 9 nitrogen and oxygen atoms in total. The van der Waals surface area contributed by atoms with Crippen LogP contribution in [0.2, 0.25) is 0 Å². The van der Waals surface area contributed by atoms with Crippen molar-refractivity contribution < 1.29 is 9.59 Å². The predicted octanol–water partition coefficient (Wildman–Crippen LogP) is 1.22. The number of fused-ring (bicyclic) bond motifs is 4. The van der Waals surface area contributed by atoms with Gasteiger partial charge in [0.2, 0.25) is 11.8 Å². The van der Waals surface area contributed by atoms with Crippen LogP contribution in [0.1, 0.15) is 38.2 Å². The molecule has 0 saturated carbocycles. The largest absolute Gasteiger partial charge is 0.355 e. The van der Waals surface area contributed by atoms with Crippen molar-refractivity contribution in [3.8, 4) is 0 Å². The molecule has 31 heavy (non-hydrogen) atoms. The zero-order valence-corrected chi connectivity index (χ0v) is 17.9. The smallest absolute Gasteiger partial charge is 0.243 e. The Morgan fingerprint density at radius 2 is 2.10 bits per heavy atom. The number of nitrogens with zero attached hydrogens (tertiary/aromatic N) is 6. The highest BCUT2D eigenvalue weighted by molar-refractivity contribution is 5.89. The molecule has 3 fully saturated rings. The minimum atomic E-state index is -0.435. The molecule has 0 aromatic carbocycles. The molecular weight excluding hydrogens is 394 g/mol. The number of aromatic nitrogens is 4. The predicted molar refractivity (Wildman–Crippen MR) is 114 cm³/mol. The molecule has 9 heteroatoms. The van der Waals surface area contributed by atoms with E-state index in [1.165, 1.54) is 0 Å². The maximum Gasteiger partial charge on any atom is 0.243 e. The van der Waals surface area contributed by atoms with E-state index in [2.05, 4.69) is 25.3 Å². The van der Waals surface area contributed by atoms with Crippen molar-refractivity contribution in [3.63, 3.8) is 0 Å². The summed E-state index contributed by atoms with van der Waals surface area (Å²) < 4.78 is 1.84. The molecule has 3 aliphatic heterocycles. The Labute approximate surface area is 181 Å². The molecule has 2 amide bonds. The average molecular weight is 424 g/mol. The summed E-state index contributed by atoms with van der Waals surface area (Å²) in [5.41, 5.74) is 0.968. The van der Waals surface area contributed by atoms with Crippen molar-refractivity contribution in [2.75, 3.05) is 18.0 Å². The van der Waals surface area contributed by atoms with Crippen LogP contribution in [0, 0.1) is 11.8 Å². The highest BCUT2D eigenvalue weighted by Crippen LogP contribution is 2.42. The first-order valence-electron chi connectivity index (χ1n) is 11.2. The van der Waals surface area contributed by atoms with Gasteiger partial charge in [0.05, 0.1) is 12.4 Å². The molecule has 4 atom stereocenters. The molecular formula is C22H29N7O2. The van der Waals surface area contributed by atoms with Crippen LogP contribution in [0.3, 0.4) is 0 Å². The summed E-state index contributed by atoms with van der Waals surface area (Å²) in [5, 5.41) is 7.36. The average Bonchev–Trinajstić information content (AvgIpc) is 3.27. The molecule has 164 valence electrons. The van der Waals surface area contributed by atoms with E-state index in [0.717, 1.165) is 43.7 Å². The first-order valence-corrected chi connectivity index (χ1v) is 11.2. The summed E-state index contributed by atoms with van der Waals surface area (Å²) in [4.78, 5) is 39.2. The SMILES string of the molecule is CCn1cc(CNC(=O)[C@H]2[C@H]3C[C@H](CN(c4cnccn4)C3)[C@@H]3CCCC(=O)N32)cn1. The van der Waals surface area contributed by atoms with E-state index in [4.69, 9.17) is 0 Å². The number of aryl methyl sites for hydroxylation is 1. The number of anilines is 1. The fourth-order valence-electron chi connectivity index (χ4n) is 5.60. The number of hydrogen-bond acceptors (Lipinski definition) is 6. The zero-order valence-electron chi connectivity index (χ0n) is 17.9. The second kappa shape index (κ2) is 8.28. The number of nitrogens with one attached hydrogen (secondary N) is 1. The summed E-state index contributed by atoms with van der Waals surface area (Å²) in [6, 6.07) is -0.315. The van der Waals surface area contributed by atoms with Gasteiger partial charge in [-0.1, -0.05) is 0 Å². The quantitative estimate of drug-likeness (QED) is 0.777. The molecule has 2 aromatic heterocycles. The lowest BCUT2D eigenvalue weighted by Crippen LogP contribution is -2.68. The van der Waals surface area contributed by atoms with Gasteiger partial charge in [0.25, 0.3) is 0 Å². The molecule has 1 N–H and O–H groups in total. The van der Waals surface area contributed by atoms with Crippen LogP contribution in [0.4, 0.5) is 5.82 Å². The standard InChI is InChI=1S/C22H29N7O2/c1-2-28-12-15(10-26-28)9-25-22(31)21-17-8-16(18-4-3-5-20(30)29(18)21)13-27(14-17)19-11-23-6-7-24-19/h6-7,10-12,16-18,21H,2-5,8-9,13-14H2,1H3,(H,25,31)/t16-,17+,18+,21-/m1/s1. The Morgan fingerprint density at radius 1 is 1.23 bits per heavy atom. The molecule has 0 spiro atoms. The monoisotopic (exact) mass is 423 g/mol. The second-order valence-electron chi connectivity index (χ2n) is 8.85. The Bertz CT molecular complexity index is 946. The van der Waals surface area contributed by atoms with E-state index in [1.807, 2.05) is 22.7 Å². The molecule has 0 radical (unpaired) electrons. The molecule has 0 unspecified atom stereocenters. The third-order valence-corrected chi connectivity index (χ3v) is 6.96. The number of piperidine rings is 3. The van der Waals surface area contributed by atoms with Crippen molar-refractivity contribution in [1.82, 2.24) is 30.0 Å². The van der Waals surface area contributed by atoms with E-state index in [-0.39, 0.29) is 23.8 Å². The van der Waals surface area contributed by atoms with Crippen LogP contribution in [0.5, 0.6) is 0 Å². The van der Waals surface area contributed by atoms with Crippen LogP contribution in [0.15, 0.2) is 31.0 Å². The van der Waals surface area contributed by atoms with Gasteiger partial charge in [-0.3, -0.25) is 19.3 Å². The van der Waals surface area contributed by atoms with E-state index in [9.17, 15) is 9.59 Å². The van der Waals surface area contributed by atoms with Gasteiger partial charge >= 0.3 is 0 Å². The number of hydrogen-bond donors (Lipinski definition) is 1. The Hall–Kier alpha value is -2.97. The van der Waals surface area contributed by atoms with Gasteiger partial charge in [0.1, 0.15) is 11.9 Å². The van der Waals surface area contributed by atoms with Gasteiger partial charge in [-0.15, -0.1) is 0 Å². The molecule has 3 aliphatic rings. The fraction of sp³-hybridized carbons (Fsp3) is 0.591. The Balaban J connectivity index is 1.38. The molecule has 3 saturated heterocycles. The maximum atomic E-state index is 13.4. The number of amides is 2. The number of carbonyl (C=O) groups excluding carboxylic acids is 2. The van der Waals surface area contributed by atoms with E-state index >= 15 is 0 Å². The lowest BCUT2D eigenvalue weighted by molar-refractivity contribution is -0.156. The Morgan fingerprint density at radius 3 is 2.87 bits per heavy atom. The van der Waals surface area contributed by atoms with Crippen molar-refractivity contribution in [2.45, 2.75) is 57.8 Å². The summed E-state index contributed by atoms with van der Waals surface area (Å²) >= 11 is 0. The first kappa shape index (κ1) is 20.0. The van der Waals surface area contributed by atoms with Crippen molar-refractivity contribution >= 4 is 17.6 Å². The van der Waals surface area contributed by atoms with E-state index in [1.54, 1.807) is 24.8 Å². The Kier molecular flexibility index (Phi) is 5.33. The van der Waals surface area contributed by atoms with E-state index in [0.29, 0.717) is 25.4 Å². The second-order valence-corrected chi connectivity index (χ2v) is 8.85. The normalized spacial score (nSPS) is 27.7. The lowest BCUT2D eigenvalue weighted by atomic mass is 9.71. The minimum Gasteiger partial charge on any atom is -0.355 e. The fourth-order valence-corrected chi connectivity index (χ4v) is 5.60. The van der Waals surface area contributed by atoms with Crippen LogP contribution >= 0.6 is 0 Å². The summed E-state index contributed by atoms with van der Waals surface area (Å²) in [6.07, 6.45) is 12.3. The number of carbonyl (C=O) groups is 2. The first-order chi connectivity index (χ1) is 15.1. The van der Waals surface area contributed by atoms with E-state index < -0.39 is 6.04 Å². The molecule has 5 heterocycles. The summed E-state index contributed by atoms with van der Waals surface area (Å²) in [6.45, 7) is 4.81.